The van der Waals surface area contributed by atoms with Crippen LogP contribution in [0.2, 0.25) is 0 Å². The molecule has 0 aliphatic carbocycles. The van der Waals surface area contributed by atoms with Crippen LogP contribution < -0.4 is 14.9 Å². The van der Waals surface area contributed by atoms with Crippen molar-refractivity contribution >= 4 is 23.5 Å². The maximum atomic E-state index is 6.40. The van der Waals surface area contributed by atoms with Gasteiger partial charge in [-0.3, -0.25) is 4.68 Å². The number of ether oxygens (including phenoxy) is 2. The zero-order chi connectivity index (χ0) is 28.6. The molecule has 7 nitrogen and oxygen atoms in total. The third kappa shape index (κ3) is 5.33. The van der Waals surface area contributed by atoms with Gasteiger partial charge in [-0.05, 0) is 44.9 Å². The average molecular weight is 547 g/mol. The standard InChI is InChI=1S/C33H34BN3O4/c1-32(2)33(3,4)41-34(40-32)27-18-12-17-25-29(36-37(5)30(25)27)26-19-20-28(38-21-23-13-8-6-9-14-23)35-31(26)39-22-24-15-10-7-11-16-24/h6-20H,21-22H2,1-5H3. The Morgan fingerprint density at radius 2 is 1.34 bits per heavy atom. The third-order valence-corrected chi connectivity index (χ3v) is 7.94. The first-order valence-electron chi connectivity index (χ1n) is 13.9. The van der Waals surface area contributed by atoms with Crippen molar-refractivity contribution in [1.29, 1.82) is 0 Å². The van der Waals surface area contributed by atoms with Crippen molar-refractivity contribution in [3.05, 3.63) is 102 Å². The number of fused-ring (bicyclic) bond motifs is 1. The van der Waals surface area contributed by atoms with Crippen LogP contribution in [0.5, 0.6) is 11.8 Å². The fraction of sp³-hybridized carbons (Fsp3) is 0.273. The van der Waals surface area contributed by atoms with E-state index in [4.69, 9.17) is 28.9 Å². The monoisotopic (exact) mass is 547 g/mol. The van der Waals surface area contributed by atoms with Crippen molar-refractivity contribution in [1.82, 2.24) is 14.8 Å². The molecule has 0 radical (unpaired) electrons. The van der Waals surface area contributed by atoms with Crippen LogP contribution in [0, 0.1) is 0 Å². The van der Waals surface area contributed by atoms with E-state index in [1.165, 1.54) is 0 Å². The zero-order valence-electron chi connectivity index (χ0n) is 24.1. The second-order valence-corrected chi connectivity index (χ2v) is 11.4. The molecule has 5 aromatic rings. The van der Waals surface area contributed by atoms with E-state index in [-0.39, 0.29) is 0 Å². The van der Waals surface area contributed by atoms with E-state index >= 15 is 0 Å². The molecule has 0 saturated carbocycles. The van der Waals surface area contributed by atoms with E-state index in [1.807, 2.05) is 96.7 Å². The van der Waals surface area contributed by atoms with Gasteiger partial charge in [0.1, 0.15) is 18.9 Å². The number of pyridine rings is 1. The minimum atomic E-state index is -0.507. The highest BCUT2D eigenvalue weighted by molar-refractivity contribution is 6.65. The van der Waals surface area contributed by atoms with Crippen molar-refractivity contribution in [3.63, 3.8) is 0 Å². The Bertz CT molecular complexity index is 1650. The lowest BCUT2D eigenvalue weighted by Gasteiger charge is -2.32. The molecule has 2 aromatic heterocycles. The first-order chi connectivity index (χ1) is 19.7. The predicted octanol–water partition coefficient (Wildman–Crippen LogP) is 6.09. The normalized spacial score (nSPS) is 15.8. The van der Waals surface area contributed by atoms with Crippen molar-refractivity contribution in [2.75, 3.05) is 0 Å². The fourth-order valence-corrected chi connectivity index (χ4v) is 4.98. The van der Waals surface area contributed by atoms with E-state index in [2.05, 4.69) is 33.8 Å². The molecule has 208 valence electrons. The lowest BCUT2D eigenvalue weighted by atomic mass is 9.77. The van der Waals surface area contributed by atoms with E-state index in [9.17, 15) is 0 Å². The summed E-state index contributed by atoms with van der Waals surface area (Å²) in [6.07, 6.45) is 0. The molecule has 0 bridgehead atoms. The number of rotatable bonds is 8. The molecule has 0 N–H and O–H groups in total. The maximum absolute atomic E-state index is 6.40. The van der Waals surface area contributed by atoms with Crippen LogP contribution in [0.3, 0.4) is 0 Å². The van der Waals surface area contributed by atoms with Gasteiger partial charge in [0, 0.05) is 24.0 Å². The SMILES string of the molecule is Cn1nc(-c2ccc(OCc3ccccc3)nc2OCc2ccccc2)c2cccc(B3OC(C)(C)C(C)(C)O3)c21. The number of aryl methyl sites for hydroxylation is 1. The fourth-order valence-electron chi connectivity index (χ4n) is 4.98. The van der Waals surface area contributed by atoms with Crippen LogP contribution in [-0.4, -0.2) is 33.1 Å². The third-order valence-electron chi connectivity index (χ3n) is 7.94. The molecule has 1 aliphatic rings. The van der Waals surface area contributed by atoms with E-state index in [1.54, 1.807) is 0 Å². The molecule has 8 heteroatoms. The number of nitrogens with zero attached hydrogens (tertiary/aromatic N) is 3. The van der Waals surface area contributed by atoms with Crippen LogP contribution in [0.25, 0.3) is 22.2 Å². The van der Waals surface area contributed by atoms with Gasteiger partial charge in [0.2, 0.25) is 11.8 Å². The molecule has 1 saturated heterocycles. The topological polar surface area (TPSA) is 67.6 Å². The minimum absolute atomic E-state index is 0.368. The summed E-state index contributed by atoms with van der Waals surface area (Å²) in [5.41, 5.74) is 4.65. The van der Waals surface area contributed by atoms with E-state index in [0.717, 1.165) is 38.8 Å². The number of hydrogen-bond acceptors (Lipinski definition) is 6. The van der Waals surface area contributed by atoms with Gasteiger partial charge < -0.3 is 18.8 Å². The molecular formula is C33H34BN3O4. The zero-order valence-corrected chi connectivity index (χ0v) is 24.1. The Morgan fingerprint density at radius 3 is 1.98 bits per heavy atom. The molecule has 0 spiro atoms. The summed E-state index contributed by atoms with van der Waals surface area (Å²) >= 11 is 0. The molecule has 1 aliphatic heterocycles. The summed E-state index contributed by atoms with van der Waals surface area (Å²) in [4.78, 5) is 4.79. The summed E-state index contributed by atoms with van der Waals surface area (Å²) in [6.45, 7) is 9.02. The Hall–Kier alpha value is -4.14. The van der Waals surface area contributed by atoms with Crippen molar-refractivity contribution in [3.8, 4) is 23.0 Å². The maximum Gasteiger partial charge on any atom is 0.497 e. The van der Waals surface area contributed by atoms with Gasteiger partial charge in [0.25, 0.3) is 0 Å². The summed E-state index contributed by atoms with van der Waals surface area (Å²) in [5.74, 6) is 0.944. The lowest BCUT2D eigenvalue weighted by Crippen LogP contribution is -2.41. The number of aromatic nitrogens is 3. The van der Waals surface area contributed by atoms with Crippen LogP contribution in [-0.2, 0) is 29.6 Å². The smallest absolute Gasteiger partial charge is 0.473 e. The Balaban J connectivity index is 1.38. The van der Waals surface area contributed by atoms with Gasteiger partial charge in [-0.15, -0.1) is 0 Å². The van der Waals surface area contributed by atoms with Crippen molar-refractivity contribution in [2.24, 2.45) is 7.05 Å². The molecule has 41 heavy (non-hydrogen) atoms. The van der Waals surface area contributed by atoms with Crippen LogP contribution in [0.1, 0.15) is 38.8 Å². The number of para-hydroxylation sites is 1. The largest absolute Gasteiger partial charge is 0.497 e. The molecule has 3 heterocycles. The molecular weight excluding hydrogens is 513 g/mol. The molecule has 0 amide bonds. The highest BCUT2D eigenvalue weighted by Gasteiger charge is 2.52. The van der Waals surface area contributed by atoms with Crippen LogP contribution >= 0.6 is 0 Å². The second-order valence-electron chi connectivity index (χ2n) is 11.4. The molecule has 3 aromatic carbocycles. The molecule has 6 rings (SSSR count). The summed E-state index contributed by atoms with van der Waals surface area (Å²) < 4.78 is 27.1. The Labute approximate surface area is 241 Å². The quantitative estimate of drug-likeness (QED) is 0.219. The van der Waals surface area contributed by atoms with Gasteiger partial charge in [-0.1, -0.05) is 78.9 Å². The second kappa shape index (κ2) is 10.7. The predicted molar refractivity (Wildman–Crippen MR) is 161 cm³/mol. The highest BCUT2D eigenvalue weighted by atomic mass is 16.7. The van der Waals surface area contributed by atoms with E-state index < -0.39 is 18.3 Å². The Kier molecular flexibility index (Phi) is 7.05. The number of benzene rings is 3. The summed E-state index contributed by atoms with van der Waals surface area (Å²) in [7, 11) is 1.43. The first-order valence-corrected chi connectivity index (χ1v) is 13.9. The number of hydrogen-bond donors (Lipinski definition) is 0. The van der Waals surface area contributed by atoms with Gasteiger partial charge >= 0.3 is 7.12 Å². The Morgan fingerprint density at radius 1 is 0.732 bits per heavy atom. The van der Waals surface area contributed by atoms with Crippen molar-refractivity contribution in [2.45, 2.75) is 52.1 Å². The summed E-state index contributed by atoms with van der Waals surface area (Å²) in [5, 5.41) is 5.91. The van der Waals surface area contributed by atoms with Gasteiger partial charge in [-0.2, -0.15) is 10.1 Å². The highest BCUT2D eigenvalue weighted by Crippen LogP contribution is 2.39. The summed E-state index contributed by atoms with van der Waals surface area (Å²) in [6, 6.07) is 30.0. The van der Waals surface area contributed by atoms with Gasteiger partial charge in [0.05, 0.1) is 22.3 Å². The minimum Gasteiger partial charge on any atom is -0.473 e. The van der Waals surface area contributed by atoms with Crippen LogP contribution in [0.15, 0.2) is 91.0 Å². The van der Waals surface area contributed by atoms with Gasteiger partial charge in [-0.25, -0.2) is 0 Å². The van der Waals surface area contributed by atoms with E-state index in [0.29, 0.717) is 25.0 Å². The molecule has 0 atom stereocenters. The van der Waals surface area contributed by atoms with Crippen molar-refractivity contribution < 1.29 is 18.8 Å². The van der Waals surface area contributed by atoms with Gasteiger partial charge in [0.15, 0.2) is 0 Å². The van der Waals surface area contributed by atoms with Crippen LogP contribution in [0.4, 0.5) is 0 Å². The molecule has 0 unspecified atom stereocenters. The molecule has 1 fully saturated rings. The lowest BCUT2D eigenvalue weighted by molar-refractivity contribution is 0.00578. The average Bonchev–Trinajstić information content (AvgIpc) is 3.42. The first kappa shape index (κ1) is 27.1.